The third kappa shape index (κ3) is 5.28. The second kappa shape index (κ2) is 11.0. The Morgan fingerprint density at radius 3 is 2.59 bits per heavy atom. The molecule has 0 aliphatic heterocycles. The summed E-state index contributed by atoms with van der Waals surface area (Å²) >= 11 is 1.43. The lowest BCUT2D eigenvalue weighted by Crippen LogP contribution is -2.33. The van der Waals surface area contributed by atoms with Gasteiger partial charge in [-0.15, -0.1) is 11.3 Å². The monoisotopic (exact) mass is 477 g/mol. The fourth-order valence-electron chi connectivity index (χ4n) is 3.72. The summed E-state index contributed by atoms with van der Waals surface area (Å²) in [5, 5.41) is 5.37. The summed E-state index contributed by atoms with van der Waals surface area (Å²) < 4.78 is 12.6. The number of nitrogens with one attached hydrogen (secondary N) is 1. The van der Waals surface area contributed by atoms with Crippen LogP contribution in [0.25, 0.3) is 21.3 Å². The van der Waals surface area contributed by atoms with Gasteiger partial charge < -0.3 is 14.8 Å². The average Bonchev–Trinajstić information content (AvgIpc) is 3.28. The number of nitrogens with zero attached hydrogens (tertiary/aromatic N) is 2. The molecule has 0 saturated heterocycles. The molecule has 0 bridgehead atoms. The van der Waals surface area contributed by atoms with Crippen LogP contribution in [0.2, 0.25) is 0 Å². The molecule has 0 aliphatic rings. The minimum absolute atomic E-state index is 0.0840. The highest BCUT2D eigenvalue weighted by Gasteiger charge is 2.14. The summed E-state index contributed by atoms with van der Waals surface area (Å²) in [6, 6.07) is 15.5. The lowest BCUT2D eigenvalue weighted by Gasteiger charge is -2.13. The van der Waals surface area contributed by atoms with E-state index >= 15 is 0 Å². The predicted octanol–water partition coefficient (Wildman–Crippen LogP) is 4.28. The number of fused-ring (bicyclic) bond motifs is 1. The van der Waals surface area contributed by atoms with Gasteiger partial charge in [-0.3, -0.25) is 14.2 Å². The van der Waals surface area contributed by atoms with E-state index in [1.54, 1.807) is 0 Å². The zero-order valence-corrected chi connectivity index (χ0v) is 20.1. The fourth-order valence-corrected chi connectivity index (χ4v) is 4.62. The molecule has 2 aromatic carbocycles. The second-order valence-corrected chi connectivity index (χ2v) is 8.48. The Kier molecular flexibility index (Phi) is 7.59. The lowest BCUT2D eigenvalue weighted by atomic mass is 10.1. The van der Waals surface area contributed by atoms with Crippen LogP contribution in [0.15, 0.2) is 65.0 Å². The number of benzene rings is 2. The molecule has 1 amide bonds. The van der Waals surface area contributed by atoms with Gasteiger partial charge in [0.15, 0.2) is 11.5 Å². The Morgan fingerprint density at radius 1 is 1.06 bits per heavy atom. The van der Waals surface area contributed by atoms with Gasteiger partial charge in [-0.1, -0.05) is 36.4 Å². The summed E-state index contributed by atoms with van der Waals surface area (Å²) in [6.07, 6.45) is 2.07. The van der Waals surface area contributed by atoms with Gasteiger partial charge in [-0.2, -0.15) is 0 Å². The molecule has 1 N–H and O–H groups in total. The maximum Gasteiger partial charge on any atom is 0.263 e. The predicted molar refractivity (Wildman–Crippen MR) is 135 cm³/mol. The van der Waals surface area contributed by atoms with Crippen LogP contribution in [-0.2, 0) is 17.8 Å². The topological polar surface area (TPSA) is 82.5 Å². The van der Waals surface area contributed by atoms with Crippen LogP contribution >= 0.6 is 11.3 Å². The van der Waals surface area contributed by atoms with E-state index in [4.69, 9.17) is 9.47 Å². The van der Waals surface area contributed by atoms with Gasteiger partial charge in [-0.25, -0.2) is 4.98 Å². The Hall–Kier alpha value is -3.65. The molecule has 34 heavy (non-hydrogen) atoms. The summed E-state index contributed by atoms with van der Waals surface area (Å²) in [4.78, 5) is 30.7. The molecule has 0 spiro atoms. The zero-order chi connectivity index (χ0) is 23.9. The molecule has 2 heterocycles. The Bertz CT molecular complexity index is 1330. The van der Waals surface area contributed by atoms with Crippen LogP contribution < -0.4 is 20.3 Å². The number of carbonyl (C=O) groups is 1. The highest BCUT2D eigenvalue weighted by molar-refractivity contribution is 7.17. The molecule has 0 atom stereocenters. The van der Waals surface area contributed by atoms with Gasteiger partial charge in [-0.05, 0) is 43.5 Å². The normalized spacial score (nSPS) is 10.9. The third-order valence-corrected chi connectivity index (χ3v) is 6.19. The van der Waals surface area contributed by atoms with Crippen LogP contribution in [0, 0.1) is 0 Å². The highest BCUT2D eigenvalue weighted by atomic mass is 32.1. The van der Waals surface area contributed by atoms with E-state index in [0.29, 0.717) is 47.9 Å². The largest absolute Gasteiger partial charge is 0.490 e. The van der Waals surface area contributed by atoms with Gasteiger partial charge in [0.05, 0.1) is 24.9 Å². The van der Waals surface area contributed by atoms with Crippen molar-refractivity contribution in [2.24, 2.45) is 0 Å². The minimum atomic E-state index is -0.240. The van der Waals surface area contributed by atoms with Crippen LogP contribution in [0.5, 0.6) is 11.5 Å². The van der Waals surface area contributed by atoms with Gasteiger partial charge in [0.2, 0.25) is 5.91 Å². The van der Waals surface area contributed by atoms with Crippen LogP contribution in [0.4, 0.5) is 0 Å². The van der Waals surface area contributed by atoms with Gasteiger partial charge >= 0.3 is 0 Å². The number of hydrogen-bond donors (Lipinski definition) is 1. The molecule has 4 rings (SSSR count). The third-order valence-electron chi connectivity index (χ3n) is 5.30. The Labute approximate surface area is 202 Å². The number of rotatable bonds is 10. The number of carbonyl (C=O) groups excluding carboxylic acids is 1. The number of amides is 1. The Morgan fingerprint density at radius 2 is 1.82 bits per heavy atom. The maximum atomic E-state index is 13.1. The summed E-state index contributed by atoms with van der Waals surface area (Å²) in [5.41, 5.74) is 2.61. The first-order valence-electron chi connectivity index (χ1n) is 11.3. The van der Waals surface area contributed by atoms with Crippen LogP contribution in [-0.4, -0.2) is 35.2 Å². The molecule has 0 aliphatic carbocycles. The van der Waals surface area contributed by atoms with E-state index in [2.05, 4.69) is 10.3 Å². The van der Waals surface area contributed by atoms with Crippen molar-refractivity contribution >= 4 is 27.5 Å². The van der Waals surface area contributed by atoms with Crippen LogP contribution in [0.3, 0.4) is 0 Å². The second-order valence-electron chi connectivity index (χ2n) is 7.62. The molecule has 0 fully saturated rings. The summed E-state index contributed by atoms with van der Waals surface area (Å²) in [6.45, 7) is 5.32. The molecule has 0 radical (unpaired) electrons. The number of aromatic nitrogens is 2. The van der Waals surface area contributed by atoms with E-state index in [-0.39, 0.29) is 18.0 Å². The Balaban J connectivity index is 1.42. The first-order valence-corrected chi connectivity index (χ1v) is 12.2. The van der Waals surface area contributed by atoms with E-state index in [1.165, 1.54) is 22.2 Å². The zero-order valence-electron chi connectivity index (χ0n) is 19.2. The van der Waals surface area contributed by atoms with Crippen molar-refractivity contribution in [3.05, 3.63) is 76.2 Å². The van der Waals surface area contributed by atoms with E-state index < -0.39 is 0 Å². The van der Waals surface area contributed by atoms with Crippen LogP contribution in [0.1, 0.15) is 19.4 Å². The number of hydrogen-bond acceptors (Lipinski definition) is 6. The van der Waals surface area contributed by atoms with Gasteiger partial charge in [0, 0.05) is 17.5 Å². The van der Waals surface area contributed by atoms with Gasteiger partial charge in [0.25, 0.3) is 5.56 Å². The smallest absolute Gasteiger partial charge is 0.263 e. The summed E-state index contributed by atoms with van der Waals surface area (Å²) in [5.74, 6) is 1.17. The van der Waals surface area contributed by atoms with E-state index in [1.807, 2.05) is 67.8 Å². The number of thiophene rings is 1. The summed E-state index contributed by atoms with van der Waals surface area (Å²) in [7, 11) is 0. The van der Waals surface area contributed by atoms with Crippen molar-refractivity contribution in [3.63, 3.8) is 0 Å². The van der Waals surface area contributed by atoms with Crippen molar-refractivity contribution in [1.82, 2.24) is 14.9 Å². The molecule has 4 aromatic rings. The molecule has 0 unspecified atom stereocenters. The maximum absolute atomic E-state index is 13.1. The standard InChI is InChI=1S/C26H27N3O4S/c1-3-32-21-11-10-18(14-22(21)33-4-2)12-13-27-23(30)15-29-17-28-25-24(26(29)31)20(16-34-25)19-8-6-5-7-9-19/h5-11,14,16-17H,3-4,12-13,15H2,1-2H3,(H,27,30). The van der Waals surface area contributed by atoms with Crippen molar-refractivity contribution in [3.8, 4) is 22.6 Å². The fraction of sp³-hybridized carbons (Fsp3) is 0.269. The van der Waals surface area contributed by atoms with Crippen molar-refractivity contribution in [2.45, 2.75) is 26.8 Å². The molecule has 0 saturated carbocycles. The van der Waals surface area contributed by atoms with Crippen molar-refractivity contribution in [1.29, 1.82) is 0 Å². The lowest BCUT2D eigenvalue weighted by molar-refractivity contribution is -0.121. The number of ether oxygens (including phenoxy) is 2. The van der Waals surface area contributed by atoms with Gasteiger partial charge in [0.1, 0.15) is 11.4 Å². The van der Waals surface area contributed by atoms with Crippen molar-refractivity contribution in [2.75, 3.05) is 19.8 Å². The molecule has 176 valence electrons. The SMILES string of the molecule is CCOc1ccc(CCNC(=O)Cn2cnc3scc(-c4ccccc4)c3c2=O)cc1OCC. The first-order chi connectivity index (χ1) is 16.6. The first kappa shape index (κ1) is 23.5. The highest BCUT2D eigenvalue weighted by Crippen LogP contribution is 2.30. The average molecular weight is 478 g/mol. The molecule has 7 nitrogen and oxygen atoms in total. The molecular formula is C26H27N3O4S. The van der Waals surface area contributed by atoms with E-state index in [0.717, 1.165) is 16.7 Å². The molecule has 2 aromatic heterocycles. The molecule has 8 heteroatoms. The van der Waals surface area contributed by atoms with E-state index in [9.17, 15) is 9.59 Å². The van der Waals surface area contributed by atoms with Crippen molar-refractivity contribution < 1.29 is 14.3 Å². The molecular weight excluding hydrogens is 450 g/mol. The quantitative estimate of drug-likeness (QED) is 0.369. The minimum Gasteiger partial charge on any atom is -0.490 e.